The van der Waals surface area contributed by atoms with Crippen LogP contribution >= 0.6 is 0 Å². The normalized spacial score (nSPS) is 22.5. The van der Waals surface area contributed by atoms with E-state index in [-0.39, 0.29) is 5.54 Å². The summed E-state index contributed by atoms with van der Waals surface area (Å²) >= 11 is 0. The molecule has 1 aromatic carbocycles. The van der Waals surface area contributed by atoms with Gasteiger partial charge in [-0.2, -0.15) is 5.10 Å². The molecule has 0 radical (unpaired) electrons. The molecule has 1 unspecified atom stereocenters. The van der Waals surface area contributed by atoms with E-state index in [1.807, 2.05) is 6.21 Å². The molecule has 28 heavy (non-hydrogen) atoms. The predicted molar refractivity (Wildman–Crippen MR) is 118 cm³/mol. The van der Waals surface area contributed by atoms with Gasteiger partial charge >= 0.3 is 0 Å². The number of allylic oxidation sites excluding steroid dienone is 2. The molecule has 4 heteroatoms. The van der Waals surface area contributed by atoms with Gasteiger partial charge in [-0.15, -0.1) is 0 Å². The SMILES string of the molecule is C=C(C)/C=C(/C1CCCN(Cc2ccc(C)cc2OC)C1)N1N=CCC1(C)C. The number of aryl methyl sites for hydroxylation is 1. The Morgan fingerprint density at radius 2 is 2.18 bits per heavy atom. The Bertz CT molecular complexity index is 778. The molecule has 1 fully saturated rings. The quantitative estimate of drug-likeness (QED) is 0.638. The van der Waals surface area contributed by atoms with Crippen molar-refractivity contribution in [3.8, 4) is 5.75 Å². The molecule has 1 atom stereocenters. The molecule has 1 saturated heterocycles. The summed E-state index contributed by atoms with van der Waals surface area (Å²) in [5, 5.41) is 6.96. The highest BCUT2D eigenvalue weighted by molar-refractivity contribution is 5.61. The molecular formula is C24H35N3O. The van der Waals surface area contributed by atoms with Crippen LogP contribution in [0.3, 0.4) is 0 Å². The van der Waals surface area contributed by atoms with Gasteiger partial charge in [-0.3, -0.25) is 9.91 Å². The van der Waals surface area contributed by atoms with Crippen LogP contribution < -0.4 is 4.74 Å². The number of ether oxygens (including phenoxy) is 1. The second-order valence-corrected chi connectivity index (χ2v) is 8.93. The number of hydrogen-bond acceptors (Lipinski definition) is 4. The molecule has 0 N–H and O–H groups in total. The standard InChI is InChI=1S/C24H35N3O/c1-18(2)14-22(27-24(4,5)11-12-25-27)20-8-7-13-26(16-20)17-21-10-9-19(3)15-23(21)28-6/h9-10,12,14-15,20H,1,7-8,11,13,16-17H2,2-6H3/b22-14-. The van der Waals surface area contributed by atoms with Gasteiger partial charge < -0.3 is 4.74 Å². The second-order valence-electron chi connectivity index (χ2n) is 8.93. The lowest BCUT2D eigenvalue weighted by Gasteiger charge is -2.40. The monoisotopic (exact) mass is 381 g/mol. The van der Waals surface area contributed by atoms with E-state index in [9.17, 15) is 0 Å². The predicted octanol–water partition coefficient (Wildman–Crippen LogP) is 5.15. The van der Waals surface area contributed by atoms with E-state index in [2.05, 4.69) is 68.5 Å². The van der Waals surface area contributed by atoms with Crippen LogP contribution in [0.2, 0.25) is 0 Å². The highest BCUT2D eigenvalue weighted by Gasteiger charge is 2.36. The maximum atomic E-state index is 5.63. The Balaban J connectivity index is 1.79. The summed E-state index contributed by atoms with van der Waals surface area (Å²) in [4.78, 5) is 2.56. The first-order valence-electron chi connectivity index (χ1n) is 10.4. The van der Waals surface area contributed by atoms with E-state index < -0.39 is 0 Å². The van der Waals surface area contributed by atoms with Crippen molar-refractivity contribution in [1.29, 1.82) is 0 Å². The molecule has 3 rings (SSSR count). The van der Waals surface area contributed by atoms with Gasteiger partial charge in [0.05, 0.1) is 12.6 Å². The third kappa shape index (κ3) is 4.67. The van der Waals surface area contributed by atoms with E-state index >= 15 is 0 Å². The molecule has 2 aliphatic rings. The minimum Gasteiger partial charge on any atom is -0.496 e. The lowest BCUT2D eigenvalue weighted by molar-refractivity contribution is 0.128. The summed E-state index contributed by atoms with van der Waals surface area (Å²) in [6.07, 6.45) is 7.67. The number of rotatable bonds is 6. The van der Waals surface area contributed by atoms with Crippen molar-refractivity contribution in [3.63, 3.8) is 0 Å². The van der Waals surface area contributed by atoms with E-state index in [0.717, 1.165) is 37.4 Å². The molecule has 0 aromatic heterocycles. The fourth-order valence-corrected chi connectivity index (χ4v) is 4.27. The summed E-state index contributed by atoms with van der Waals surface area (Å²) in [7, 11) is 1.76. The first-order chi connectivity index (χ1) is 13.3. The number of nitrogens with zero attached hydrogens (tertiary/aromatic N) is 3. The molecule has 0 aliphatic carbocycles. The summed E-state index contributed by atoms with van der Waals surface area (Å²) in [5.41, 5.74) is 4.93. The van der Waals surface area contributed by atoms with Crippen LogP contribution in [0.15, 0.2) is 47.2 Å². The van der Waals surface area contributed by atoms with E-state index in [1.165, 1.54) is 29.7 Å². The molecule has 0 bridgehead atoms. The van der Waals surface area contributed by atoms with Gasteiger partial charge in [-0.05, 0) is 64.8 Å². The minimum absolute atomic E-state index is 0.0315. The number of likely N-dealkylation sites (tertiary alicyclic amines) is 1. The van der Waals surface area contributed by atoms with Crippen molar-refractivity contribution in [2.45, 2.75) is 59.0 Å². The summed E-state index contributed by atoms with van der Waals surface area (Å²) in [5.74, 6) is 1.46. The lowest BCUT2D eigenvalue weighted by atomic mass is 9.90. The molecular weight excluding hydrogens is 346 g/mol. The van der Waals surface area contributed by atoms with Crippen molar-refractivity contribution in [2.24, 2.45) is 11.0 Å². The van der Waals surface area contributed by atoms with Crippen molar-refractivity contribution >= 4 is 6.21 Å². The highest BCUT2D eigenvalue weighted by atomic mass is 16.5. The molecule has 152 valence electrons. The number of hydrazone groups is 1. The molecule has 0 spiro atoms. The van der Waals surface area contributed by atoms with Crippen molar-refractivity contribution in [3.05, 3.63) is 53.3 Å². The Kier molecular flexibility index (Phi) is 6.29. The summed E-state index contributed by atoms with van der Waals surface area (Å²) in [6.45, 7) is 15.9. The average molecular weight is 382 g/mol. The zero-order valence-corrected chi connectivity index (χ0v) is 18.2. The molecule has 0 amide bonds. The number of hydrogen-bond donors (Lipinski definition) is 0. The third-order valence-corrected chi connectivity index (χ3v) is 5.76. The van der Waals surface area contributed by atoms with Gasteiger partial charge in [0.25, 0.3) is 0 Å². The number of benzene rings is 1. The van der Waals surface area contributed by atoms with E-state index in [0.29, 0.717) is 5.92 Å². The number of piperidine rings is 1. The van der Waals surface area contributed by atoms with Crippen molar-refractivity contribution in [1.82, 2.24) is 9.91 Å². The van der Waals surface area contributed by atoms with Gasteiger partial charge in [-0.1, -0.05) is 24.3 Å². The van der Waals surface area contributed by atoms with Crippen LogP contribution in [-0.4, -0.2) is 41.9 Å². The van der Waals surface area contributed by atoms with Gasteiger partial charge in [0, 0.05) is 42.9 Å². The number of methoxy groups -OCH3 is 1. The highest BCUT2D eigenvalue weighted by Crippen LogP contribution is 2.36. The molecule has 2 aliphatic heterocycles. The van der Waals surface area contributed by atoms with Crippen LogP contribution in [0.4, 0.5) is 0 Å². The van der Waals surface area contributed by atoms with Crippen LogP contribution in [0.1, 0.15) is 51.2 Å². The lowest BCUT2D eigenvalue weighted by Crippen LogP contribution is -2.43. The summed E-state index contributed by atoms with van der Waals surface area (Å²) < 4.78 is 5.63. The van der Waals surface area contributed by atoms with Crippen LogP contribution in [0.5, 0.6) is 5.75 Å². The van der Waals surface area contributed by atoms with Crippen molar-refractivity contribution < 1.29 is 4.74 Å². The zero-order valence-electron chi connectivity index (χ0n) is 18.2. The Morgan fingerprint density at radius 3 is 2.82 bits per heavy atom. The van der Waals surface area contributed by atoms with Crippen molar-refractivity contribution in [2.75, 3.05) is 20.2 Å². The Morgan fingerprint density at radius 1 is 1.39 bits per heavy atom. The maximum Gasteiger partial charge on any atom is 0.123 e. The third-order valence-electron chi connectivity index (χ3n) is 5.76. The van der Waals surface area contributed by atoms with Crippen LogP contribution in [0.25, 0.3) is 0 Å². The largest absolute Gasteiger partial charge is 0.496 e. The fourth-order valence-electron chi connectivity index (χ4n) is 4.27. The van der Waals surface area contributed by atoms with Gasteiger partial charge in [-0.25, -0.2) is 0 Å². The topological polar surface area (TPSA) is 28.1 Å². The second kappa shape index (κ2) is 8.52. The Labute approximate surface area is 170 Å². The van der Waals surface area contributed by atoms with E-state index in [4.69, 9.17) is 9.84 Å². The molecule has 1 aromatic rings. The molecule has 4 nitrogen and oxygen atoms in total. The van der Waals surface area contributed by atoms with E-state index in [1.54, 1.807) is 7.11 Å². The molecule has 2 heterocycles. The zero-order chi connectivity index (χ0) is 20.3. The smallest absolute Gasteiger partial charge is 0.123 e. The van der Waals surface area contributed by atoms with Gasteiger partial charge in [0.15, 0.2) is 0 Å². The maximum absolute atomic E-state index is 5.63. The fraction of sp³-hybridized carbons (Fsp3) is 0.542. The minimum atomic E-state index is 0.0315. The first kappa shape index (κ1) is 20.7. The summed E-state index contributed by atoms with van der Waals surface area (Å²) in [6, 6.07) is 6.51. The van der Waals surface area contributed by atoms with Gasteiger partial charge in [0.2, 0.25) is 0 Å². The average Bonchev–Trinajstić information content (AvgIpc) is 3.00. The van der Waals surface area contributed by atoms with Crippen LogP contribution in [0, 0.1) is 12.8 Å². The van der Waals surface area contributed by atoms with Crippen LogP contribution in [-0.2, 0) is 6.54 Å². The first-order valence-corrected chi connectivity index (χ1v) is 10.4. The Hall–Kier alpha value is -2.07. The van der Waals surface area contributed by atoms with Gasteiger partial charge in [0.1, 0.15) is 5.75 Å². The molecule has 0 saturated carbocycles.